The molecule has 0 bridgehead atoms. The quantitative estimate of drug-likeness (QED) is 0.826. The summed E-state index contributed by atoms with van der Waals surface area (Å²) < 4.78 is 5.28. The SMILES string of the molecule is O=C(NCCN1CCCC1)c1ccc(NC(=O)C2CCOCC2)cc1. The van der Waals surface area contributed by atoms with Crippen molar-refractivity contribution >= 4 is 17.5 Å². The van der Waals surface area contributed by atoms with E-state index in [1.807, 2.05) is 0 Å². The normalized spacial score (nSPS) is 18.9. The summed E-state index contributed by atoms with van der Waals surface area (Å²) in [5.41, 5.74) is 1.34. The van der Waals surface area contributed by atoms with Crippen LogP contribution in [0.3, 0.4) is 0 Å². The predicted molar refractivity (Wildman–Crippen MR) is 96.6 cm³/mol. The second-order valence-corrected chi connectivity index (χ2v) is 6.76. The first-order chi connectivity index (χ1) is 12.2. The van der Waals surface area contributed by atoms with Crippen molar-refractivity contribution in [2.24, 2.45) is 5.92 Å². The van der Waals surface area contributed by atoms with E-state index in [2.05, 4.69) is 15.5 Å². The van der Waals surface area contributed by atoms with Crippen LogP contribution in [0.2, 0.25) is 0 Å². The minimum absolute atomic E-state index is 0.0160. The van der Waals surface area contributed by atoms with Gasteiger partial charge in [-0.25, -0.2) is 0 Å². The zero-order valence-corrected chi connectivity index (χ0v) is 14.6. The molecule has 6 heteroatoms. The van der Waals surface area contributed by atoms with E-state index in [0.717, 1.165) is 38.2 Å². The smallest absolute Gasteiger partial charge is 0.251 e. The van der Waals surface area contributed by atoms with Crippen molar-refractivity contribution in [2.45, 2.75) is 25.7 Å². The van der Waals surface area contributed by atoms with Crippen LogP contribution in [0.5, 0.6) is 0 Å². The van der Waals surface area contributed by atoms with Gasteiger partial charge in [-0.1, -0.05) is 0 Å². The van der Waals surface area contributed by atoms with E-state index in [9.17, 15) is 9.59 Å². The molecule has 25 heavy (non-hydrogen) atoms. The summed E-state index contributed by atoms with van der Waals surface area (Å²) in [5.74, 6) is -0.0186. The highest BCUT2D eigenvalue weighted by atomic mass is 16.5. The Labute approximate surface area is 148 Å². The number of amides is 2. The van der Waals surface area contributed by atoms with Gasteiger partial charge in [0.1, 0.15) is 0 Å². The molecule has 0 aliphatic carbocycles. The molecule has 0 saturated carbocycles. The maximum Gasteiger partial charge on any atom is 0.251 e. The van der Waals surface area contributed by atoms with E-state index in [1.165, 1.54) is 12.8 Å². The van der Waals surface area contributed by atoms with E-state index in [1.54, 1.807) is 24.3 Å². The van der Waals surface area contributed by atoms with Crippen LogP contribution in [-0.4, -0.2) is 56.1 Å². The third-order valence-electron chi connectivity index (χ3n) is 4.92. The minimum Gasteiger partial charge on any atom is -0.381 e. The number of carbonyl (C=O) groups is 2. The Balaban J connectivity index is 1.44. The molecule has 0 radical (unpaired) electrons. The lowest BCUT2D eigenvalue weighted by Crippen LogP contribution is -2.33. The fraction of sp³-hybridized carbons (Fsp3) is 0.579. The van der Waals surface area contributed by atoms with Crippen LogP contribution in [-0.2, 0) is 9.53 Å². The Morgan fingerprint density at radius 1 is 1.08 bits per heavy atom. The van der Waals surface area contributed by atoms with Crippen LogP contribution < -0.4 is 10.6 Å². The highest BCUT2D eigenvalue weighted by Crippen LogP contribution is 2.18. The van der Waals surface area contributed by atoms with Crippen LogP contribution in [0.15, 0.2) is 24.3 Å². The Hall–Kier alpha value is -1.92. The van der Waals surface area contributed by atoms with Crippen molar-refractivity contribution in [1.82, 2.24) is 10.2 Å². The first-order valence-electron chi connectivity index (χ1n) is 9.21. The highest BCUT2D eigenvalue weighted by molar-refractivity contribution is 5.96. The fourth-order valence-electron chi connectivity index (χ4n) is 3.34. The number of ether oxygens (including phenoxy) is 1. The van der Waals surface area contributed by atoms with E-state index >= 15 is 0 Å². The molecule has 2 aliphatic heterocycles. The highest BCUT2D eigenvalue weighted by Gasteiger charge is 2.21. The van der Waals surface area contributed by atoms with Gasteiger partial charge in [-0.3, -0.25) is 9.59 Å². The van der Waals surface area contributed by atoms with Crippen molar-refractivity contribution in [3.05, 3.63) is 29.8 Å². The maximum atomic E-state index is 12.2. The van der Waals surface area contributed by atoms with Gasteiger partial charge in [-0.05, 0) is 63.0 Å². The predicted octanol–water partition coefficient (Wildman–Crippen LogP) is 1.88. The van der Waals surface area contributed by atoms with E-state index in [0.29, 0.717) is 25.3 Å². The summed E-state index contributed by atoms with van der Waals surface area (Å²) >= 11 is 0. The van der Waals surface area contributed by atoms with Crippen LogP contribution in [0.4, 0.5) is 5.69 Å². The Bertz CT molecular complexity index is 576. The lowest BCUT2D eigenvalue weighted by Gasteiger charge is -2.21. The van der Waals surface area contributed by atoms with Crippen molar-refractivity contribution in [1.29, 1.82) is 0 Å². The van der Waals surface area contributed by atoms with E-state index < -0.39 is 0 Å². The lowest BCUT2D eigenvalue weighted by molar-refractivity contribution is -0.122. The summed E-state index contributed by atoms with van der Waals surface area (Å²) in [5, 5.41) is 5.88. The van der Waals surface area contributed by atoms with Crippen LogP contribution in [0.25, 0.3) is 0 Å². The van der Waals surface area contributed by atoms with Gasteiger partial charge in [0.05, 0.1) is 0 Å². The average molecular weight is 345 g/mol. The molecule has 3 rings (SSSR count). The monoisotopic (exact) mass is 345 g/mol. The molecule has 0 spiro atoms. The fourth-order valence-corrected chi connectivity index (χ4v) is 3.34. The standard InChI is InChI=1S/C19H27N3O3/c23-18(20-9-12-22-10-1-2-11-22)15-3-5-17(6-4-15)21-19(24)16-7-13-25-14-8-16/h3-6,16H,1-2,7-14H2,(H,20,23)(H,21,24). The first kappa shape index (κ1) is 17.9. The number of anilines is 1. The van der Waals surface area contributed by atoms with Crippen molar-refractivity contribution < 1.29 is 14.3 Å². The molecule has 136 valence electrons. The molecule has 2 amide bonds. The molecule has 2 aliphatic rings. The van der Waals surface area contributed by atoms with Gasteiger partial charge in [0.15, 0.2) is 0 Å². The third kappa shape index (κ3) is 5.28. The summed E-state index contributed by atoms with van der Waals surface area (Å²) in [6.45, 7) is 5.14. The second kappa shape index (κ2) is 8.97. The zero-order valence-electron chi connectivity index (χ0n) is 14.6. The molecule has 0 unspecified atom stereocenters. The Morgan fingerprint density at radius 3 is 2.44 bits per heavy atom. The molecular formula is C19H27N3O3. The van der Waals surface area contributed by atoms with Crippen molar-refractivity contribution in [2.75, 3.05) is 44.7 Å². The van der Waals surface area contributed by atoms with Crippen LogP contribution in [0.1, 0.15) is 36.0 Å². The summed E-state index contributed by atoms with van der Waals surface area (Å²) in [6.07, 6.45) is 4.05. The molecule has 0 atom stereocenters. The van der Waals surface area contributed by atoms with Gasteiger partial charge >= 0.3 is 0 Å². The number of nitrogens with zero attached hydrogens (tertiary/aromatic N) is 1. The molecule has 6 nitrogen and oxygen atoms in total. The number of carbonyl (C=O) groups excluding carboxylic acids is 2. The van der Waals surface area contributed by atoms with E-state index in [4.69, 9.17) is 4.74 Å². The number of hydrogen-bond acceptors (Lipinski definition) is 4. The van der Waals surface area contributed by atoms with Gasteiger partial charge in [-0.2, -0.15) is 0 Å². The summed E-state index contributed by atoms with van der Waals surface area (Å²) in [7, 11) is 0. The number of rotatable bonds is 6. The minimum atomic E-state index is -0.0681. The van der Waals surface area contributed by atoms with Gasteiger partial charge in [-0.15, -0.1) is 0 Å². The molecular weight excluding hydrogens is 318 g/mol. The Kier molecular flexibility index (Phi) is 6.42. The van der Waals surface area contributed by atoms with Gasteiger partial charge in [0.25, 0.3) is 5.91 Å². The number of likely N-dealkylation sites (tertiary alicyclic amines) is 1. The van der Waals surface area contributed by atoms with E-state index in [-0.39, 0.29) is 17.7 Å². The van der Waals surface area contributed by atoms with Crippen LogP contribution >= 0.6 is 0 Å². The second-order valence-electron chi connectivity index (χ2n) is 6.76. The molecule has 0 aromatic heterocycles. The Morgan fingerprint density at radius 2 is 1.76 bits per heavy atom. The van der Waals surface area contributed by atoms with Crippen LogP contribution in [0, 0.1) is 5.92 Å². The topological polar surface area (TPSA) is 70.7 Å². The zero-order chi connectivity index (χ0) is 17.5. The third-order valence-corrected chi connectivity index (χ3v) is 4.92. The summed E-state index contributed by atoms with van der Waals surface area (Å²) in [4.78, 5) is 26.7. The largest absolute Gasteiger partial charge is 0.381 e. The maximum absolute atomic E-state index is 12.2. The molecule has 1 aromatic carbocycles. The van der Waals surface area contributed by atoms with Gasteiger partial charge in [0.2, 0.25) is 5.91 Å². The number of benzene rings is 1. The molecule has 2 saturated heterocycles. The number of hydrogen-bond donors (Lipinski definition) is 2. The molecule has 2 N–H and O–H groups in total. The van der Waals surface area contributed by atoms with Crippen molar-refractivity contribution in [3.8, 4) is 0 Å². The van der Waals surface area contributed by atoms with Gasteiger partial charge in [0, 0.05) is 43.5 Å². The molecule has 1 aromatic rings. The van der Waals surface area contributed by atoms with Gasteiger partial charge < -0.3 is 20.3 Å². The molecule has 2 heterocycles. The number of nitrogens with one attached hydrogen (secondary N) is 2. The lowest BCUT2D eigenvalue weighted by atomic mass is 9.99. The van der Waals surface area contributed by atoms with Crippen molar-refractivity contribution in [3.63, 3.8) is 0 Å². The summed E-state index contributed by atoms with van der Waals surface area (Å²) in [6, 6.07) is 7.08. The first-order valence-corrected chi connectivity index (χ1v) is 9.21. The molecule has 2 fully saturated rings. The average Bonchev–Trinajstić information content (AvgIpc) is 3.16.